The molecule has 2 aromatic heterocycles. The highest BCUT2D eigenvalue weighted by Gasteiger charge is 2.08. The van der Waals surface area contributed by atoms with Gasteiger partial charge in [0.05, 0.1) is 10.2 Å². The molecule has 0 aliphatic rings. The molecule has 4 aromatic rings. The summed E-state index contributed by atoms with van der Waals surface area (Å²) in [7, 11) is 2.14. The molecule has 2 aromatic carbocycles. The van der Waals surface area contributed by atoms with E-state index in [1.807, 2.05) is 23.6 Å². The minimum atomic E-state index is 1.12. The van der Waals surface area contributed by atoms with Crippen LogP contribution in [0.4, 0.5) is 0 Å². The van der Waals surface area contributed by atoms with Crippen LogP contribution in [0, 0.1) is 0 Å². The van der Waals surface area contributed by atoms with Gasteiger partial charge >= 0.3 is 0 Å². The SMILES string of the molecule is Bc1ccc2c(ccc3c4ncccc4sc23)c1. The van der Waals surface area contributed by atoms with Gasteiger partial charge < -0.3 is 0 Å². The van der Waals surface area contributed by atoms with Gasteiger partial charge in [-0.25, -0.2) is 0 Å². The second-order valence-corrected chi connectivity index (χ2v) is 5.67. The summed E-state index contributed by atoms with van der Waals surface area (Å²) < 4.78 is 2.61. The monoisotopic (exact) mass is 247 g/mol. The quantitative estimate of drug-likeness (QED) is 0.435. The normalized spacial score (nSPS) is 11.6. The van der Waals surface area contributed by atoms with Crippen LogP contribution in [0.3, 0.4) is 0 Å². The van der Waals surface area contributed by atoms with Crippen LogP contribution in [0.15, 0.2) is 48.7 Å². The summed E-state index contributed by atoms with van der Waals surface area (Å²) in [5.74, 6) is 0. The van der Waals surface area contributed by atoms with Gasteiger partial charge in [-0.15, -0.1) is 11.3 Å². The van der Waals surface area contributed by atoms with Crippen LogP contribution in [0.5, 0.6) is 0 Å². The van der Waals surface area contributed by atoms with E-state index in [4.69, 9.17) is 0 Å². The van der Waals surface area contributed by atoms with Crippen molar-refractivity contribution in [2.45, 2.75) is 0 Å². The van der Waals surface area contributed by atoms with E-state index < -0.39 is 0 Å². The van der Waals surface area contributed by atoms with Gasteiger partial charge in [-0.3, -0.25) is 4.98 Å². The van der Waals surface area contributed by atoms with E-state index in [2.05, 4.69) is 49.2 Å². The molecular weight excluding hydrogens is 237 g/mol. The Morgan fingerprint density at radius 2 is 1.89 bits per heavy atom. The van der Waals surface area contributed by atoms with Crippen molar-refractivity contribution in [1.29, 1.82) is 0 Å². The Bertz CT molecular complexity index is 895. The lowest BCUT2D eigenvalue weighted by Gasteiger charge is -2.00. The third kappa shape index (κ3) is 1.31. The number of benzene rings is 2. The summed E-state index contributed by atoms with van der Waals surface area (Å²) >= 11 is 1.83. The minimum Gasteiger partial charge on any atom is -0.255 e. The molecule has 3 heteroatoms. The maximum Gasteiger partial charge on any atom is 0.139 e. The van der Waals surface area contributed by atoms with Crippen molar-refractivity contribution >= 4 is 55.7 Å². The van der Waals surface area contributed by atoms with Gasteiger partial charge in [0.1, 0.15) is 7.85 Å². The first-order valence-electron chi connectivity index (χ1n) is 5.99. The molecule has 0 fully saturated rings. The third-order valence-electron chi connectivity index (χ3n) is 3.36. The first kappa shape index (κ1) is 10.1. The van der Waals surface area contributed by atoms with Gasteiger partial charge in [0.25, 0.3) is 0 Å². The highest BCUT2D eigenvalue weighted by Crippen LogP contribution is 2.36. The third-order valence-corrected chi connectivity index (χ3v) is 4.56. The summed E-state index contributed by atoms with van der Waals surface area (Å²) in [6.07, 6.45) is 1.87. The molecule has 0 aliphatic heterocycles. The standard InChI is InChI=1S/C15H10BNS/c16-10-4-6-11-9(8-10)3-5-12-14-13(18-15(11)12)2-1-7-17-14/h1-8H,16H2. The van der Waals surface area contributed by atoms with Gasteiger partial charge in [-0.2, -0.15) is 0 Å². The Balaban J connectivity index is 2.28. The molecule has 0 saturated carbocycles. The van der Waals surface area contributed by atoms with Crippen LogP contribution in [-0.4, -0.2) is 12.8 Å². The molecule has 0 bridgehead atoms. The lowest BCUT2D eigenvalue weighted by molar-refractivity contribution is 1.44. The minimum absolute atomic E-state index is 1.12. The predicted octanol–water partition coefficient (Wildman–Crippen LogP) is 2.86. The van der Waals surface area contributed by atoms with Crippen LogP contribution < -0.4 is 5.46 Å². The lowest BCUT2D eigenvalue weighted by atomic mass is 9.93. The predicted molar refractivity (Wildman–Crippen MR) is 82.8 cm³/mol. The zero-order valence-electron chi connectivity index (χ0n) is 9.97. The smallest absolute Gasteiger partial charge is 0.139 e. The number of aromatic nitrogens is 1. The van der Waals surface area contributed by atoms with E-state index in [0.29, 0.717) is 0 Å². The number of fused-ring (bicyclic) bond motifs is 5. The van der Waals surface area contributed by atoms with Gasteiger partial charge in [-0.05, 0) is 22.9 Å². The highest BCUT2D eigenvalue weighted by atomic mass is 32.1. The average molecular weight is 247 g/mol. The van der Waals surface area contributed by atoms with E-state index in [-0.39, 0.29) is 0 Å². The first-order chi connectivity index (χ1) is 8.83. The number of thiophene rings is 1. The molecule has 0 unspecified atom stereocenters. The maximum absolute atomic E-state index is 4.50. The molecule has 4 rings (SSSR count). The summed E-state index contributed by atoms with van der Waals surface area (Å²) in [5, 5.41) is 3.92. The van der Waals surface area contributed by atoms with Crippen molar-refractivity contribution in [3.63, 3.8) is 0 Å². The van der Waals surface area contributed by atoms with Crippen LogP contribution in [-0.2, 0) is 0 Å². The summed E-state index contributed by atoms with van der Waals surface area (Å²) in [4.78, 5) is 4.50. The second-order valence-electron chi connectivity index (χ2n) is 4.62. The number of hydrogen-bond donors (Lipinski definition) is 0. The fourth-order valence-electron chi connectivity index (χ4n) is 2.50. The molecule has 0 spiro atoms. The number of nitrogens with zero attached hydrogens (tertiary/aromatic N) is 1. The Morgan fingerprint density at radius 1 is 1.00 bits per heavy atom. The van der Waals surface area contributed by atoms with E-state index in [0.717, 1.165) is 5.52 Å². The zero-order chi connectivity index (χ0) is 12.1. The highest BCUT2D eigenvalue weighted by molar-refractivity contribution is 7.26. The molecule has 0 radical (unpaired) electrons. The molecular formula is C15H10BNS. The second kappa shape index (κ2) is 3.56. The van der Waals surface area contributed by atoms with Crippen molar-refractivity contribution < 1.29 is 0 Å². The van der Waals surface area contributed by atoms with Gasteiger partial charge in [0.2, 0.25) is 0 Å². The number of pyridine rings is 1. The fourth-order valence-corrected chi connectivity index (χ4v) is 3.70. The van der Waals surface area contributed by atoms with Crippen LogP contribution in [0.2, 0.25) is 0 Å². The van der Waals surface area contributed by atoms with Crippen molar-refractivity contribution in [1.82, 2.24) is 4.98 Å². The Kier molecular flexibility index (Phi) is 2.00. The van der Waals surface area contributed by atoms with Crippen LogP contribution in [0.1, 0.15) is 0 Å². The van der Waals surface area contributed by atoms with Crippen molar-refractivity contribution in [3.8, 4) is 0 Å². The van der Waals surface area contributed by atoms with Crippen LogP contribution >= 0.6 is 11.3 Å². The Labute approximate surface area is 109 Å². The molecule has 1 nitrogen and oxygen atoms in total. The van der Waals surface area contributed by atoms with E-state index in [1.165, 1.54) is 31.0 Å². The Morgan fingerprint density at radius 3 is 2.83 bits per heavy atom. The fraction of sp³-hybridized carbons (Fsp3) is 0. The van der Waals surface area contributed by atoms with Gasteiger partial charge in [0.15, 0.2) is 0 Å². The van der Waals surface area contributed by atoms with Crippen LogP contribution in [0.25, 0.3) is 31.1 Å². The maximum atomic E-state index is 4.50. The molecule has 18 heavy (non-hydrogen) atoms. The lowest BCUT2D eigenvalue weighted by Crippen LogP contribution is -1.99. The largest absolute Gasteiger partial charge is 0.255 e. The van der Waals surface area contributed by atoms with Gasteiger partial charge in [0, 0.05) is 16.3 Å². The van der Waals surface area contributed by atoms with Crippen molar-refractivity contribution in [2.24, 2.45) is 0 Å². The van der Waals surface area contributed by atoms with Crippen molar-refractivity contribution in [3.05, 3.63) is 48.7 Å². The number of hydrogen-bond acceptors (Lipinski definition) is 2. The summed E-state index contributed by atoms with van der Waals surface area (Å²) in [6.45, 7) is 0. The van der Waals surface area contributed by atoms with Crippen molar-refractivity contribution in [2.75, 3.05) is 0 Å². The molecule has 0 atom stereocenters. The average Bonchev–Trinajstić information content (AvgIpc) is 2.77. The molecule has 84 valence electrons. The Hall–Kier alpha value is -1.87. The molecule has 0 N–H and O–H groups in total. The molecule has 0 aliphatic carbocycles. The number of rotatable bonds is 0. The topological polar surface area (TPSA) is 12.9 Å². The molecule has 2 heterocycles. The molecule has 0 amide bonds. The van der Waals surface area contributed by atoms with E-state index >= 15 is 0 Å². The molecule has 0 saturated heterocycles. The zero-order valence-corrected chi connectivity index (χ0v) is 10.8. The summed E-state index contributed by atoms with van der Waals surface area (Å²) in [5.41, 5.74) is 2.43. The first-order valence-corrected chi connectivity index (χ1v) is 6.81. The summed E-state index contributed by atoms with van der Waals surface area (Å²) in [6, 6.07) is 15.2. The van der Waals surface area contributed by atoms with E-state index in [9.17, 15) is 0 Å². The van der Waals surface area contributed by atoms with E-state index in [1.54, 1.807) is 0 Å². The van der Waals surface area contributed by atoms with Gasteiger partial charge in [-0.1, -0.05) is 35.8 Å².